The van der Waals surface area contributed by atoms with Crippen molar-refractivity contribution in [2.45, 2.75) is 20.5 Å². The maximum absolute atomic E-state index is 11.7. The number of halogens is 1. The summed E-state index contributed by atoms with van der Waals surface area (Å²) in [5, 5.41) is 0. The number of ether oxygens (including phenoxy) is 1. The molecule has 0 radical (unpaired) electrons. The van der Waals surface area contributed by atoms with Crippen molar-refractivity contribution in [2.75, 3.05) is 12.4 Å². The van der Waals surface area contributed by atoms with Gasteiger partial charge >= 0.3 is 5.97 Å². The van der Waals surface area contributed by atoms with Gasteiger partial charge < -0.3 is 21.7 Å². The average molecular weight is 344 g/mol. The summed E-state index contributed by atoms with van der Waals surface area (Å²) < 4.78 is 5.28. The van der Waals surface area contributed by atoms with Crippen LogP contribution in [-0.2, 0) is 16.1 Å². The third-order valence-corrected chi connectivity index (χ3v) is 4.35. The topological polar surface area (TPSA) is 30.7 Å². The summed E-state index contributed by atoms with van der Waals surface area (Å²) in [6, 6.07) is 9.76. The van der Waals surface area contributed by atoms with Crippen LogP contribution in [0.5, 0.6) is 0 Å². The molecular formula is C14H18BrNO2S. The van der Waals surface area contributed by atoms with Gasteiger partial charge in [-0.15, -0.1) is 0 Å². The Morgan fingerprint density at radius 2 is 2.00 bits per heavy atom. The molecule has 5 heteroatoms. The first-order valence-electron chi connectivity index (χ1n) is 6.01. The highest BCUT2D eigenvalue weighted by Crippen LogP contribution is 2.18. The number of hydrogen-bond acceptors (Lipinski definition) is 3. The average Bonchev–Trinajstić information content (AvgIpc) is 2.70. The third-order valence-electron chi connectivity index (χ3n) is 3.12. The smallest absolute Gasteiger partial charge is 0.362 e. The van der Waals surface area contributed by atoms with Crippen LogP contribution in [0.1, 0.15) is 19.4 Å². The van der Waals surface area contributed by atoms with E-state index in [-0.39, 0.29) is 23.0 Å². The zero-order chi connectivity index (χ0) is 13.0. The van der Waals surface area contributed by atoms with Gasteiger partial charge in [-0.05, 0) is 12.5 Å². The van der Waals surface area contributed by atoms with Gasteiger partial charge in [0.15, 0.2) is 6.54 Å². The Morgan fingerprint density at radius 3 is 2.58 bits per heavy atom. The van der Waals surface area contributed by atoms with E-state index in [9.17, 15) is 4.79 Å². The minimum Gasteiger partial charge on any atom is -1.00 e. The van der Waals surface area contributed by atoms with Crippen molar-refractivity contribution >= 4 is 17.7 Å². The van der Waals surface area contributed by atoms with Crippen molar-refractivity contribution < 1.29 is 31.4 Å². The van der Waals surface area contributed by atoms with Crippen molar-refractivity contribution in [2.24, 2.45) is 0 Å². The Kier molecular flexibility index (Phi) is 6.62. The Balaban J connectivity index is 0.00000180. The molecule has 1 aromatic carbocycles. The molecule has 0 bridgehead atoms. The Bertz CT molecular complexity index is 462. The maximum atomic E-state index is 11.7. The Labute approximate surface area is 128 Å². The van der Waals surface area contributed by atoms with Crippen LogP contribution in [0.4, 0.5) is 0 Å². The number of nitrogens with one attached hydrogen (secondary N) is 1. The van der Waals surface area contributed by atoms with Crippen molar-refractivity contribution in [3.63, 3.8) is 0 Å². The fourth-order valence-electron chi connectivity index (χ4n) is 1.81. The Morgan fingerprint density at radius 1 is 1.32 bits per heavy atom. The first kappa shape index (κ1) is 16.3. The van der Waals surface area contributed by atoms with Crippen LogP contribution in [0, 0.1) is 0 Å². The van der Waals surface area contributed by atoms with Gasteiger partial charge in [-0.3, -0.25) is 4.90 Å². The van der Waals surface area contributed by atoms with Gasteiger partial charge in [-0.1, -0.05) is 42.1 Å². The zero-order valence-corrected chi connectivity index (χ0v) is 13.5. The Hall–Kier alpha value is -0.780. The van der Waals surface area contributed by atoms with Gasteiger partial charge in [-0.2, -0.15) is 0 Å². The molecule has 1 unspecified atom stereocenters. The second kappa shape index (κ2) is 7.72. The van der Waals surface area contributed by atoms with Crippen molar-refractivity contribution in [3.05, 3.63) is 46.5 Å². The molecule has 1 aliphatic rings. The summed E-state index contributed by atoms with van der Waals surface area (Å²) >= 11 is 1.80. The monoisotopic (exact) mass is 343 g/mol. The number of hydrogen-bond donors (Lipinski definition) is 1. The molecule has 1 aromatic rings. The van der Waals surface area contributed by atoms with Gasteiger partial charge in [0.2, 0.25) is 0 Å². The third kappa shape index (κ3) is 4.67. The molecular weight excluding hydrogens is 326 g/mol. The highest BCUT2D eigenvalue weighted by atomic mass is 79.9. The lowest BCUT2D eigenvalue weighted by atomic mass is 10.2. The van der Waals surface area contributed by atoms with E-state index >= 15 is 0 Å². The maximum Gasteiger partial charge on any atom is 0.362 e. The number of esters is 1. The lowest BCUT2D eigenvalue weighted by Gasteiger charge is -2.12. The predicted octanol–water partition coefficient (Wildman–Crippen LogP) is -1.43. The molecule has 0 fully saturated rings. The van der Waals surface area contributed by atoms with Gasteiger partial charge in [0.1, 0.15) is 18.2 Å². The predicted molar refractivity (Wildman–Crippen MR) is 72.9 cm³/mol. The van der Waals surface area contributed by atoms with Crippen molar-refractivity contribution in [1.82, 2.24) is 0 Å². The molecule has 0 saturated carbocycles. The molecule has 0 spiro atoms. The van der Waals surface area contributed by atoms with E-state index in [0.717, 1.165) is 11.4 Å². The van der Waals surface area contributed by atoms with Crippen molar-refractivity contribution in [3.8, 4) is 0 Å². The van der Waals surface area contributed by atoms with E-state index in [1.165, 1.54) is 15.5 Å². The van der Waals surface area contributed by atoms with Gasteiger partial charge in [-0.25, -0.2) is 4.79 Å². The van der Waals surface area contributed by atoms with Crippen LogP contribution >= 0.6 is 11.8 Å². The highest BCUT2D eigenvalue weighted by Gasteiger charge is 2.25. The lowest BCUT2D eigenvalue weighted by Crippen LogP contribution is -3.09. The minimum atomic E-state index is -0.136. The van der Waals surface area contributed by atoms with Crippen LogP contribution < -0.4 is 21.9 Å². The zero-order valence-electron chi connectivity index (χ0n) is 11.1. The molecule has 2 rings (SSSR count). The quantitative estimate of drug-likeness (QED) is 0.680. The summed E-state index contributed by atoms with van der Waals surface area (Å²) in [7, 11) is 0. The number of quaternary nitrogens is 1. The van der Waals surface area contributed by atoms with Crippen LogP contribution in [-0.4, -0.2) is 18.4 Å². The van der Waals surface area contributed by atoms with E-state index < -0.39 is 0 Å². The normalized spacial score (nSPS) is 18.1. The number of allylic oxidation sites excluding steroid dienone is 2. The summed E-state index contributed by atoms with van der Waals surface area (Å²) in [6.45, 7) is 4.96. The van der Waals surface area contributed by atoms with Crippen LogP contribution in [0.25, 0.3) is 0 Å². The molecule has 0 saturated heterocycles. The molecule has 0 amide bonds. The van der Waals surface area contributed by atoms with E-state index in [4.69, 9.17) is 4.74 Å². The molecule has 1 aliphatic heterocycles. The minimum absolute atomic E-state index is 0. The molecule has 1 atom stereocenters. The van der Waals surface area contributed by atoms with Gasteiger partial charge in [0.05, 0.1) is 0 Å². The number of rotatable bonds is 4. The molecule has 1 N–H and O–H groups in total. The summed E-state index contributed by atoms with van der Waals surface area (Å²) in [5.41, 5.74) is 2.29. The van der Waals surface area contributed by atoms with E-state index in [0.29, 0.717) is 13.2 Å². The van der Waals surface area contributed by atoms with E-state index in [2.05, 4.69) is 13.8 Å². The largest absolute Gasteiger partial charge is 1.00 e. The van der Waals surface area contributed by atoms with E-state index in [1.807, 2.05) is 30.3 Å². The standard InChI is InChI=1S/C14H17NO2S.BrH/c1-11-12(2)18-10-15(11)8-14(16)17-9-13-6-4-3-5-7-13;/h3-7H,8-10H2,1-2H3;1H. The first-order valence-corrected chi connectivity index (χ1v) is 7.00. The van der Waals surface area contributed by atoms with Crippen molar-refractivity contribution in [1.29, 1.82) is 0 Å². The number of carbonyl (C=O) groups is 1. The van der Waals surface area contributed by atoms with Crippen LogP contribution in [0.3, 0.4) is 0 Å². The van der Waals surface area contributed by atoms with Gasteiger partial charge in [0, 0.05) is 11.8 Å². The molecule has 104 valence electrons. The molecule has 3 nitrogen and oxygen atoms in total. The number of thioether (sulfide) groups is 1. The second-order valence-electron chi connectivity index (χ2n) is 4.40. The van der Waals surface area contributed by atoms with Crippen LogP contribution in [0.15, 0.2) is 40.9 Å². The fourth-order valence-corrected chi connectivity index (χ4v) is 2.88. The molecule has 1 heterocycles. The summed E-state index contributed by atoms with van der Waals surface area (Å²) in [4.78, 5) is 14.3. The fraction of sp³-hybridized carbons (Fsp3) is 0.357. The number of carbonyl (C=O) groups excluding carboxylic acids is 1. The van der Waals surface area contributed by atoms with Gasteiger partial charge in [0.25, 0.3) is 0 Å². The highest BCUT2D eigenvalue weighted by molar-refractivity contribution is 8.03. The first-order chi connectivity index (χ1) is 8.66. The van der Waals surface area contributed by atoms with Crippen LogP contribution in [0.2, 0.25) is 0 Å². The van der Waals surface area contributed by atoms with E-state index in [1.54, 1.807) is 11.8 Å². The lowest BCUT2D eigenvalue weighted by molar-refractivity contribution is -0.836. The number of benzene rings is 1. The molecule has 19 heavy (non-hydrogen) atoms. The summed E-state index contributed by atoms with van der Waals surface area (Å²) in [5.74, 6) is 0.793. The summed E-state index contributed by atoms with van der Waals surface area (Å²) in [6.07, 6.45) is 0. The SMILES string of the molecule is CC1=C(C)[NH+](CC(=O)OCc2ccccc2)CS1.[Br-]. The molecule has 0 aromatic heterocycles. The second-order valence-corrected chi connectivity index (χ2v) is 5.59. The molecule has 0 aliphatic carbocycles.